The van der Waals surface area contributed by atoms with Crippen LogP contribution >= 0.6 is 0 Å². The number of hydrogen-bond donors (Lipinski definition) is 2. The zero-order chi connectivity index (χ0) is 25.0. The molecule has 0 fully saturated rings. The SMILES string of the molecule is CC(C)(c1ccc(Oc2ccc(N([O-])O)cc2)cc1)c1ccc(Oc2ccc(N([O-])O)cc2)cc1. The largest absolute Gasteiger partial charge is 0.733 e. The van der Waals surface area contributed by atoms with Gasteiger partial charge in [0.2, 0.25) is 0 Å². The molecule has 35 heavy (non-hydrogen) atoms. The second kappa shape index (κ2) is 10.0. The van der Waals surface area contributed by atoms with E-state index in [-0.39, 0.29) is 27.2 Å². The normalized spacial score (nSPS) is 11.1. The molecule has 2 N–H and O–H groups in total. The number of rotatable bonds is 8. The van der Waals surface area contributed by atoms with E-state index in [1.807, 2.05) is 48.5 Å². The third kappa shape index (κ3) is 5.71. The van der Waals surface area contributed by atoms with E-state index in [1.165, 1.54) is 24.3 Å². The summed E-state index contributed by atoms with van der Waals surface area (Å²) in [7, 11) is 0. The molecule has 8 heteroatoms. The van der Waals surface area contributed by atoms with E-state index in [2.05, 4.69) is 13.8 Å². The summed E-state index contributed by atoms with van der Waals surface area (Å²) in [5.74, 6) is 2.40. The summed E-state index contributed by atoms with van der Waals surface area (Å²) in [6.07, 6.45) is 0. The van der Waals surface area contributed by atoms with Gasteiger partial charge in [0.1, 0.15) is 23.0 Å². The Kier molecular flexibility index (Phi) is 6.90. The van der Waals surface area contributed by atoms with Crippen LogP contribution in [-0.2, 0) is 5.41 Å². The van der Waals surface area contributed by atoms with E-state index in [0.717, 1.165) is 11.1 Å². The van der Waals surface area contributed by atoms with E-state index in [9.17, 15) is 10.4 Å². The summed E-state index contributed by atoms with van der Waals surface area (Å²) in [4.78, 5) is 0. The number of hydrogen-bond acceptors (Lipinski definition) is 8. The lowest BCUT2D eigenvalue weighted by Gasteiger charge is -2.26. The Hall–Kier alpha value is -4.08. The molecule has 0 aliphatic rings. The van der Waals surface area contributed by atoms with E-state index in [1.54, 1.807) is 24.3 Å². The quantitative estimate of drug-likeness (QED) is 0.264. The van der Waals surface area contributed by atoms with E-state index >= 15 is 0 Å². The van der Waals surface area contributed by atoms with Gasteiger partial charge in [0.15, 0.2) is 0 Å². The Bertz CT molecular complexity index is 1140. The van der Waals surface area contributed by atoms with Crippen LogP contribution in [0.15, 0.2) is 97.1 Å². The maximum absolute atomic E-state index is 10.9. The molecule has 0 atom stereocenters. The molecule has 0 unspecified atom stereocenters. The van der Waals surface area contributed by atoms with Crippen molar-refractivity contribution in [2.45, 2.75) is 19.3 Å². The lowest BCUT2D eigenvalue weighted by atomic mass is 9.78. The third-order valence-electron chi connectivity index (χ3n) is 5.74. The van der Waals surface area contributed by atoms with Crippen molar-refractivity contribution in [2.75, 3.05) is 10.5 Å². The van der Waals surface area contributed by atoms with Crippen LogP contribution in [0.25, 0.3) is 0 Å². The molecule has 0 heterocycles. The first-order chi connectivity index (χ1) is 16.7. The molecule has 0 aliphatic heterocycles. The van der Waals surface area contributed by atoms with Crippen molar-refractivity contribution >= 4 is 11.4 Å². The summed E-state index contributed by atoms with van der Waals surface area (Å²) in [6, 6.07) is 27.9. The predicted molar refractivity (Wildman–Crippen MR) is 133 cm³/mol. The number of ether oxygens (including phenoxy) is 2. The van der Waals surface area contributed by atoms with E-state index in [4.69, 9.17) is 19.9 Å². The van der Waals surface area contributed by atoms with Crippen LogP contribution in [0.5, 0.6) is 23.0 Å². The molecule has 0 saturated carbocycles. The van der Waals surface area contributed by atoms with Gasteiger partial charge in [0.25, 0.3) is 0 Å². The van der Waals surface area contributed by atoms with Crippen molar-refractivity contribution in [3.63, 3.8) is 0 Å². The summed E-state index contributed by atoms with van der Waals surface area (Å²) in [5.41, 5.74) is 2.16. The van der Waals surface area contributed by atoms with Gasteiger partial charge in [0, 0.05) is 5.41 Å². The van der Waals surface area contributed by atoms with E-state index < -0.39 is 0 Å². The van der Waals surface area contributed by atoms with Gasteiger partial charge < -0.3 is 30.3 Å². The Morgan fingerprint density at radius 3 is 1.03 bits per heavy atom. The lowest BCUT2D eigenvalue weighted by Crippen LogP contribution is -2.18. The average Bonchev–Trinajstić information content (AvgIpc) is 2.85. The van der Waals surface area contributed by atoms with Gasteiger partial charge in [-0.05, 0) is 83.9 Å². The molecule has 180 valence electrons. The standard InChI is InChI=1S/C27H24N2O6/c1-27(2,19-3-11-23(12-4-19)34-25-15-7-21(8-16-25)28(30)31)20-5-13-24(14-6-20)35-26-17-9-22(10-18-26)29(32)33/h3-18,30,32H,1-2H3/q-2. The average molecular weight is 472 g/mol. The number of nitrogens with zero attached hydrogens (tertiary/aromatic N) is 2. The topological polar surface area (TPSA) is 112 Å². The van der Waals surface area contributed by atoms with Crippen molar-refractivity contribution in [2.24, 2.45) is 0 Å². The molecule has 4 aromatic carbocycles. The van der Waals surface area contributed by atoms with Crippen LogP contribution < -0.4 is 19.9 Å². The zero-order valence-corrected chi connectivity index (χ0v) is 19.2. The monoisotopic (exact) mass is 472 g/mol. The van der Waals surface area contributed by atoms with Crippen molar-refractivity contribution in [1.82, 2.24) is 0 Å². The maximum atomic E-state index is 10.9. The van der Waals surface area contributed by atoms with Crippen molar-refractivity contribution in [3.8, 4) is 23.0 Å². The minimum atomic E-state index is -0.280. The minimum Gasteiger partial charge on any atom is -0.733 e. The zero-order valence-electron chi connectivity index (χ0n) is 19.2. The molecule has 8 nitrogen and oxygen atoms in total. The Morgan fingerprint density at radius 1 is 0.514 bits per heavy atom. The first-order valence-electron chi connectivity index (χ1n) is 10.8. The van der Waals surface area contributed by atoms with Gasteiger partial charge in [-0.25, -0.2) is 0 Å². The number of anilines is 2. The summed E-state index contributed by atoms with van der Waals surface area (Å²) < 4.78 is 11.7. The third-order valence-corrected chi connectivity index (χ3v) is 5.74. The van der Waals surface area contributed by atoms with Gasteiger partial charge in [-0.1, -0.05) is 38.1 Å². The maximum Gasteiger partial charge on any atom is 0.127 e. The Balaban J connectivity index is 1.42. The molecular formula is C27H24N2O6-2. The van der Waals surface area contributed by atoms with Crippen LogP contribution in [0.1, 0.15) is 25.0 Å². The molecule has 0 radical (unpaired) electrons. The fourth-order valence-corrected chi connectivity index (χ4v) is 3.60. The first kappa shape index (κ1) is 24.1. The molecule has 0 aliphatic carbocycles. The fraction of sp³-hybridized carbons (Fsp3) is 0.111. The molecule has 0 spiro atoms. The highest BCUT2D eigenvalue weighted by Crippen LogP contribution is 2.35. The summed E-state index contributed by atoms with van der Waals surface area (Å²) >= 11 is 0. The van der Waals surface area contributed by atoms with Crippen LogP contribution in [0.3, 0.4) is 0 Å². The van der Waals surface area contributed by atoms with Crippen LogP contribution in [0.4, 0.5) is 11.4 Å². The molecule has 0 bridgehead atoms. The lowest BCUT2D eigenvalue weighted by molar-refractivity contribution is 0.296. The second-order valence-corrected chi connectivity index (χ2v) is 8.41. The smallest absolute Gasteiger partial charge is 0.127 e. The molecule has 4 rings (SSSR count). The molecule has 4 aromatic rings. The molecule has 0 saturated heterocycles. The highest BCUT2D eigenvalue weighted by atomic mass is 16.8. The summed E-state index contributed by atoms with van der Waals surface area (Å²) in [6.45, 7) is 4.26. The van der Waals surface area contributed by atoms with Crippen molar-refractivity contribution in [1.29, 1.82) is 0 Å². The van der Waals surface area contributed by atoms with Gasteiger partial charge in [-0.2, -0.15) is 0 Å². The second-order valence-electron chi connectivity index (χ2n) is 8.41. The Labute approximate surface area is 202 Å². The van der Waals surface area contributed by atoms with Crippen molar-refractivity contribution < 1.29 is 19.9 Å². The van der Waals surface area contributed by atoms with Crippen LogP contribution in [-0.4, -0.2) is 10.4 Å². The molecule has 0 aromatic heterocycles. The number of benzene rings is 4. The first-order valence-corrected chi connectivity index (χ1v) is 10.8. The molecule has 0 amide bonds. The minimum absolute atomic E-state index is 0.126. The van der Waals surface area contributed by atoms with E-state index in [0.29, 0.717) is 23.0 Å². The summed E-state index contributed by atoms with van der Waals surface area (Å²) in [5, 5.41) is 39.3. The fourth-order valence-electron chi connectivity index (χ4n) is 3.60. The molecular weight excluding hydrogens is 448 g/mol. The highest BCUT2D eigenvalue weighted by molar-refractivity contribution is 5.49. The van der Waals surface area contributed by atoms with Gasteiger partial charge >= 0.3 is 0 Å². The van der Waals surface area contributed by atoms with Crippen molar-refractivity contribution in [3.05, 3.63) is 119 Å². The highest BCUT2D eigenvalue weighted by Gasteiger charge is 2.23. The van der Waals surface area contributed by atoms with Crippen LogP contribution in [0.2, 0.25) is 0 Å². The van der Waals surface area contributed by atoms with Gasteiger partial charge in [-0.15, -0.1) is 0 Å². The van der Waals surface area contributed by atoms with Gasteiger partial charge in [-0.3, -0.25) is 10.4 Å². The van der Waals surface area contributed by atoms with Gasteiger partial charge in [0.05, 0.1) is 11.4 Å². The Morgan fingerprint density at radius 2 is 0.771 bits per heavy atom. The van der Waals surface area contributed by atoms with Crippen LogP contribution in [0, 0.1) is 10.4 Å². The predicted octanol–water partition coefficient (Wildman–Crippen LogP) is 6.98.